The SMILES string of the molecule is O=C(NCCN1CCN(Cc2ccccc2)CC1)[C@H]1CCCN1C(=O)c1ccco1. The van der Waals surface area contributed by atoms with Crippen LogP contribution in [0.15, 0.2) is 53.1 Å². The second-order valence-corrected chi connectivity index (χ2v) is 8.03. The molecule has 1 aromatic heterocycles. The number of amides is 2. The maximum atomic E-state index is 12.7. The van der Waals surface area contributed by atoms with Crippen LogP contribution in [0.5, 0.6) is 0 Å². The van der Waals surface area contributed by atoms with E-state index < -0.39 is 6.04 Å². The molecule has 0 spiro atoms. The van der Waals surface area contributed by atoms with Crippen LogP contribution in [0.1, 0.15) is 29.0 Å². The van der Waals surface area contributed by atoms with Crippen LogP contribution in [0, 0.1) is 0 Å². The van der Waals surface area contributed by atoms with Crippen LogP contribution in [-0.4, -0.2) is 78.4 Å². The van der Waals surface area contributed by atoms with Crippen molar-refractivity contribution in [2.75, 3.05) is 45.8 Å². The van der Waals surface area contributed by atoms with E-state index in [0.717, 1.165) is 45.7 Å². The molecule has 3 heterocycles. The Morgan fingerprint density at radius 3 is 2.47 bits per heavy atom. The van der Waals surface area contributed by atoms with Gasteiger partial charge in [-0.3, -0.25) is 19.4 Å². The minimum Gasteiger partial charge on any atom is -0.459 e. The molecule has 30 heavy (non-hydrogen) atoms. The highest BCUT2D eigenvalue weighted by Gasteiger charge is 2.35. The molecule has 1 atom stereocenters. The molecule has 0 bridgehead atoms. The van der Waals surface area contributed by atoms with Crippen molar-refractivity contribution in [2.45, 2.75) is 25.4 Å². The molecular weight excluding hydrogens is 380 g/mol. The topological polar surface area (TPSA) is 69.0 Å². The number of nitrogens with zero attached hydrogens (tertiary/aromatic N) is 3. The van der Waals surface area contributed by atoms with Gasteiger partial charge in [0.2, 0.25) is 5.91 Å². The standard InChI is InChI=1S/C23H30N4O3/c28-22(20-8-4-11-27(20)23(29)21-9-5-17-30-21)24-10-12-25-13-15-26(16-14-25)18-19-6-2-1-3-7-19/h1-3,5-7,9,17,20H,4,8,10-16,18H2,(H,24,28)/t20-/m1/s1. The number of nitrogens with one attached hydrogen (secondary N) is 1. The summed E-state index contributed by atoms with van der Waals surface area (Å²) in [7, 11) is 0. The predicted molar refractivity (Wildman–Crippen MR) is 114 cm³/mol. The number of hydrogen-bond acceptors (Lipinski definition) is 5. The molecule has 2 aliphatic rings. The summed E-state index contributed by atoms with van der Waals surface area (Å²) in [4.78, 5) is 31.7. The Morgan fingerprint density at radius 1 is 0.967 bits per heavy atom. The van der Waals surface area contributed by atoms with Gasteiger partial charge in [0.05, 0.1) is 6.26 Å². The zero-order chi connectivity index (χ0) is 20.8. The quantitative estimate of drug-likeness (QED) is 0.754. The third kappa shape index (κ3) is 5.09. The molecule has 2 fully saturated rings. The number of benzene rings is 1. The van der Waals surface area contributed by atoms with Gasteiger partial charge in [0.1, 0.15) is 6.04 Å². The first-order valence-corrected chi connectivity index (χ1v) is 10.8. The number of carbonyl (C=O) groups excluding carboxylic acids is 2. The average Bonchev–Trinajstić information content (AvgIpc) is 3.48. The van der Waals surface area contributed by atoms with Crippen LogP contribution in [0.25, 0.3) is 0 Å². The van der Waals surface area contributed by atoms with Gasteiger partial charge in [-0.05, 0) is 30.5 Å². The molecule has 0 radical (unpaired) electrons. The molecule has 1 N–H and O–H groups in total. The maximum Gasteiger partial charge on any atom is 0.290 e. The highest BCUT2D eigenvalue weighted by Crippen LogP contribution is 2.20. The van der Waals surface area contributed by atoms with E-state index in [1.165, 1.54) is 11.8 Å². The van der Waals surface area contributed by atoms with Crippen molar-refractivity contribution in [3.63, 3.8) is 0 Å². The first-order chi connectivity index (χ1) is 14.7. The van der Waals surface area contributed by atoms with Crippen molar-refractivity contribution in [2.24, 2.45) is 0 Å². The van der Waals surface area contributed by atoms with E-state index in [2.05, 4.69) is 39.4 Å². The van der Waals surface area contributed by atoms with Crippen LogP contribution < -0.4 is 5.32 Å². The van der Waals surface area contributed by atoms with E-state index in [0.29, 0.717) is 25.3 Å². The van der Waals surface area contributed by atoms with Gasteiger partial charge in [-0.2, -0.15) is 0 Å². The molecular formula is C23H30N4O3. The molecule has 2 aliphatic heterocycles. The van der Waals surface area contributed by atoms with Crippen LogP contribution in [0.2, 0.25) is 0 Å². The fraction of sp³-hybridized carbons (Fsp3) is 0.478. The van der Waals surface area contributed by atoms with E-state index in [-0.39, 0.29) is 11.8 Å². The zero-order valence-corrected chi connectivity index (χ0v) is 17.3. The summed E-state index contributed by atoms with van der Waals surface area (Å²) in [6, 6.07) is 13.5. The molecule has 2 amide bonds. The summed E-state index contributed by atoms with van der Waals surface area (Å²) in [6.45, 7) is 7.13. The van der Waals surface area contributed by atoms with Crippen molar-refractivity contribution < 1.29 is 14.0 Å². The zero-order valence-electron chi connectivity index (χ0n) is 17.3. The Labute approximate surface area is 177 Å². The van der Waals surface area contributed by atoms with Crippen LogP contribution in [0.3, 0.4) is 0 Å². The molecule has 160 valence electrons. The van der Waals surface area contributed by atoms with E-state index in [1.807, 2.05) is 6.07 Å². The van der Waals surface area contributed by atoms with Gasteiger partial charge >= 0.3 is 0 Å². The number of piperazine rings is 1. The monoisotopic (exact) mass is 410 g/mol. The number of carbonyl (C=O) groups is 2. The van der Waals surface area contributed by atoms with Gasteiger partial charge in [0, 0.05) is 52.4 Å². The largest absolute Gasteiger partial charge is 0.459 e. The van der Waals surface area contributed by atoms with E-state index in [4.69, 9.17) is 4.42 Å². The summed E-state index contributed by atoms with van der Waals surface area (Å²) >= 11 is 0. The lowest BCUT2D eigenvalue weighted by Gasteiger charge is -2.34. The fourth-order valence-corrected chi connectivity index (χ4v) is 4.29. The molecule has 2 aromatic rings. The van der Waals surface area contributed by atoms with Gasteiger partial charge in [0.15, 0.2) is 5.76 Å². The molecule has 7 heteroatoms. The van der Waals surface area contributed by atoms with E-state index in [9.17, 15) is 9.59 Å². The lowest BCUT2D eigenvalue weighted by Crippen LogP contribution is -2.50. The highest BCUT2D eigenvalue weighted by atomic mass is 16.3. The van der Waals surface area contributed by atoms with Gasteiger partial charge in [-0.25, -0.2) is 0 Å². The van der Waals surface area contributed by atoms with E-state index >= 15 is 0 Å². The number of hydrogen-bond donors (Lipinski definition) is 1. The summed E-state index contributed by atoms with van der Waals surface area (Å²) in [5.74, 6) is 0.0328. The second kappa shape index (κ2) is 9.91. The van der Waals surface area contributed by atoms with Crippen LogP contribution >= 0.6 is 0 Å². The molecule has 0 unspecified atom stereocenters. The molecule has 0 aliphatic carbocycles. The third-order valence-corrected chi connectivity index (χ3v) is 5.99. The summed E-state index contributed by atoms with van der Waals surface area (Å²) in [6.07, 6.45) is 3.03. The van der Waals surface area contributed by atoms with Gasteiger partial charge < -0.3 is 14.6 Å². The number of likely N-dealkylation sites (tertiary alicyclic amines) is 1. The van der Waals surface area contributed by atoms with Crippen LogP contribution in [-0.2, 0) is 11.3 Å². The lowest BCUT2D eigenvalue weighted by atomic mass is 10.2. The van der Waals surface area contributed by atoms with Gasteiger partial charge in [0.25, 0.3) is 5.91 Å². The molecule has 4 rings (SSSR count). The summed E-state index contributed by atoms with van der Waals surface area (Å²) in [5, 5.41) is 3.03. The Morgan fingerprint density at radius 2 is 1.73 bits per heavy atom. The smallest absolute Gasteiger partial charge is 0.290 e. The highest BCUT2D eigenvalue weighted by molar-refractivity contribution is 5.95. The average molecular weight is 411 g/mol. The number of rotatable bonds is 7. The van der Waals surface area contributed by atoms with Crippen molar-refractivity contribution in [3.05, 3.63) is 60.1 Å². The van der Waals surface area contributed by atoms with Gasteiger partial charge in [-0.15, -0.1) is 0 Å². The predicted octanol–water partition coefficient (Wildman–Crippen LogP) is 1.82. The Balaban J connectivity index is 1.17. The summed E-state index contributed by atoms with van der Waals surface area (Å²) < 4.78 is 5.21. The molecule has 2 saturated heterocycles. The molecule has 0 saturated carbocycles. The normalized spacial score (nSPS) is 20.4. The first kappa shape index (κ1) is 20.6. The first-order valence-electron chi connectivity index (χ1n) is 10.8. The minimum atomic E-state index is -0.398. The van der Waals surface area contributed by atoms with Crippen molar-refractivity contribution in [1.82, 2.24) is 20.0 Å². The van der Waals surface area contributed by atoms with E-state index in [1.54, 1.807) is 17.0 Å². The van der Waals surface area contributed by atoms with Crippen molar-refractivity contribution in [3.8, 4) is 0 Å². The Kier molecular flexibility index (Phi) is 6.81. The third-order valence-electron chi connectivity index (χ3n) is 5.99. The molecule has 1 aromatic carbocycles. The summed E-state index contributed by atoms with van der Waals surface area (Å²) in [5.41, 5.74) is 1.35. The van der Waals surface area contributed by atoms with Gasteiger partial charge in [-0.1, -0.05) is 30.3 Å². The fourth-order valence-electron chi connectivity index (χ4n) is 4.29. The number of furan rings is 1. The Bertz CT molecular complexity index is 816. The second-order valence-electron chi connectivity index (χ2n) is 8.03. The minimum absolute atomic E-state index is 0.0601. The van der Waals surface area contributed by atoms with Crippen LogP contribution in [0.4, 0.5) is 0 Å². The molecule has 7 nitrogen and oxygen atoms in total. The maximum absolute atomic E-state index is 12.7. The Hall–Kier alpha value is -2.64. The van der Waals surface area contributed by atoms with Crippen molar-refractivity contribution in [1.29, 1.82) is 0 Å². The van der Waals surface area contributed by atoms with Crippen molar-refractivity contribution >= 4 is 11.8 Å². The lowest BCUT2D eigenvalue weighted by molar-refractivity contribution is -0.124.